The number of amides is 2. The highest BCUT2D eigenvalue weighted by molar-refractivity contribution is 8.19. The molecule has 0 bridgehead atoms. The number of rotatable bonds is 3. The molecule has 1 aliphatic rings. The van der Waals surface area contributed by atoms with Crippen LogP contribution in [0.25, 0.3) is 6.08 Å². The van der Waals surface area contributed by atoms with Crippen molar-refractivity contribution in [3.05, 3.63) is 63.2 Å². The van der Waals surface area contributed by atoms with Crippen molar-refractivity contribution < 1.29 is 18.9 Å². The number of nitrogens with zero attached hydrogens (tertiary/aromatic N) is 2. The first-order valence-corrected chi connectivity index (χ1v) is 6.95. The van der Waals surface area contributed by atoms with Crippen LogP contribution in [0.1, 0.15) is 5.76 Å². The van der Waals surface area contributed by atoms with Gasteiger partial charge in [0.25, 0.3) is 11.1 Å². The summed E-state index contributed by atoms with van der Waals surface area (Å²) in [6, 6.07) is 11.1. The number of imide groups is 1. The number of furan rings is 1. The molecule has 0 spiro atoms. The van der Waals surface area contributed by atoms with Gasteiger partial charge in [0.2, 0.25) is 0 Å². The largest absolute Gasteiger partial charge is 0.433 e. The quantitative estimate of drug-likeness (QED) is 0.489. The van der Waals surface area contributed by atoms with Gasteiger partial charge in [-0.2, -0.15) is 0 Å². The van der Waals surface area contributed by atoms with Crippen molar-refractivity contribution in [1.82, 2.24) is 0 Å². The normalized spacial score (nSPS) is 16.5. The van der Waals surface area contributed by atoms with Gasteiger partial charge in [-0.3, -0.25) is 19.7 Å². The lowest BCUT2D eigenvalue weighted by atomic mass is 10.3. The zero-order valence-corrected chi connectivity index (χ0v) is 11.8. The third-order valence-electron chi connectivity index (χ3n) is 2.87. The van der Waals surface area contributed by atoms with Crippen LogP contribution >= 0.6 is 11.8 Å². The van der Waals surface area contributed by atoms with Crippen LogP contribution in [0.2, 0.25) is 0 Å². The van der Waals surface area contributed by atoms with Gasteiger partial charge >= 0.3 is 5.88 Å². The molecule has 0 atom stereocenters. The monoisotopic (exact) mass is 316 g/mol. The van der Waals surface area contributed by atoms with Crippen LogP contribution in [-0.4, -0.2) is 16.1 Å². The fourth-order valence-electron chi connectivity index (χ4n) is 1.91. The summed E-state index contributed by atoms with van der Waals surface area (Å²) in [5.41, 5.74) is 0.471. The maximum Gasteiger partial charge on any atom is 0.433 e. The molecule has 110 valence electrons. The minimum absolute atomic E-state index is 0.144. The van der Waals surface area contributed by atoms with E-state index >= 15 is 0 Å². The smallest absolute Gasteiger partial charge is 0.401 e. The topological polar surface area (TPSA) is 93.7 Å². The highest BCUT2D eigenvalue weighted by Gasteiger charge is 2.36. The predicted molar refractivity (Wildman–Crippen MR) is 80.3 cm³/mol. The maximum atomic E-state index is 12.3. The van der Waals surface area contributed by atoms with E-state index in [1.165, 1.54) is 18.2 Å². The Morgan fingerprint density at radius 1 is 1.14 bits per heavy atom. The minimum atomic E-state index is -0.674. The summed E-state index contributed by atoms with van der Waals surface area (Å²) >= 11 is 0.758. The second kappa shape index (κ2) is 5.49. The molecule has 22 heavy (non-hydrogen) atoms. The average molecular weight is 316 g/mol. The Hall–Kier alpha value is -2.87. The lowest BCUT2D eigenvalue weighted by molar-refractivity contribution is -0.402. The molecule has 0 saturated carbocycles. The zero-order valence-electron chi connectivity index (χ0n) is 11.0. The van der Waals surface area contributed by atoms with Gasteiger partial charge in [0.15, 0.2) is 0 Å². The first kappa shape index (κ1) is 14.1. The van der Waals surface area contributed by atoms with Crippen LogP contribution in [0.3, 0.4) is 0 Å². The fourth-order valence-corrected chi connectivity index (χ4v) is 2.74. The first-order chi connectivity index (χ1) is 10.6. The van der Waals surface area contributed by atoms with Crippen molar-refractivity contribution in [3.8, 4) is 0 Å². The van der Waals surface area contributed by atoms with Crippen molar-refractivity contribution in [2.45, 2.75) is 0 Å². The Morgan fingerprint density at radius 3 is 2.50 bits per heavy atom. The molecular weight excluding hydrogens is 308 g/mol. The van der Waals surface area contributed by atoms with Gasteiger partial charge in [-0.05, 0) is 30.0 Å². The number of carbonyl (C=O) groups excluding carboxylic acids is 2. The van der Waals surface area contributed by atoms with E-state index in [1.54, 1.807) is 30.3 Å². The second-order valence-electron chi connectivity index (χ2n) is 4.29. The molecule has 2 amide bonds. The molecule has 1 saturated heterocycles. The molecule has 1 aromatic heterocycles. The molecule has 7 nitrogen and oxygen atoms in total. The SMILES string of the molecule is O=C1S/C(=C\c2ccc([N+](=O)[O-])o2)C(=O)N1c1ccccc1. The van der Waals surface area contributed by atoms with E-state index in [0.29, 0.717) is 5.69 Å². The van der Waals surface area contributed by atoms with E-state index in [1.807, 2.05) is 0 Å². The number of carbonyl (C=O) groups is 2. The molecule has 1 aromatic carbocycles. The van der Waals surface area contributed by atoms with Crippen LogP contribution in [0.5, 0.6) is 0 Å². The third kappa shape index (κ3) is 2.51. The molecule has 1 fully saturated rings. The lowest BCUT2D eigenvalue weighted by Crippen LogP contribution is -2.27. The number of hydrogen-bond acceptors (Lipinski definition) is 6. The molecule has 0 N–H and O–H groups in total. The Labute approximate surface area is 128 Å². The summed E-state index contributed by atoms with van der Waals surface area (Å²) < 4.78 is 4.96. The van der Waals surface area contributed by atoms with Gasteiger partial charge in [-0.15, -0.1) is 0 Å². The summed E-state index contributed by atoms with van der Waals surface area (Å²) in [7, 11) is 0. The van der Waals surface area contributed by atoms with Crippen molar-refractivity contribution in [2.24, 2.45) is 0 Å². The predicted octanol–water partition coefficient (Wildman–Crippen LogP) is 3.43. The highest BCUT2D eigenvalue weighted by Crippen LogP contribution is 2.35. The van der Waals surface area contributed by atoms with Gasteiger partial charge in [-0.25, -0.2) is 4.90 Å². The van der Waals surface area contributed by atoms with Crippen LogP contribution in [0.15, 0.2) is 51.8 Å². The first-order valence-electron chi connectivity index (χ1n) is 6.13. The number of para-hydroxylation sites is 1. The maximum absolute atomic E-state index is 12.3. The highest BCUT2D eigenvalue weighted by atomic mass is 32.2. The molecular formula is C14H8N2O5S. The van der Waals surface area contributed by atoms with Crippen molar-refractivity contribution >= 4 is 40.6 Å². The number of benzene rings is 1. The van der Waals surface area contributed by atoms with E-state index in [9.17, 15) is 19.7 Å². The molecule has 2 heterocycles. The summed E-state index contributed by atoms with van der Waals surface area (Å²) in [6.07, 6.45) is 1.32. The number of hydrogen-bond donors (Lipinski definition) is 0. The van der Waals surface area contributed by atoms with Gasteiger partial charge in [0.05, 0.1) is 16.7 Å². The van der Waals surface area contributed by atoms with Crippen LogP contribution in [0, 0.1) is 10.1 Å². The number of anilines is 1. The summed E-state index contributed by atoms with van der Waals surface area (Å²) in [4.78, 5) is 35.4. The number of nitro groups is 1. The number of thioether (sulfide) groups is 1. The van der Waals surface area contributed by atoms with Gasteiger partial charge in [0.1, 0.15) is 10.7 Å². The fraction of sp³-hybridized carbons (Fsp3) is 0. The van der Waals surface area contributed by atoms with E-state index in [0.717, 1.165) is 16.7 Å². The molecule has 0 unspecified atom stereocenters. The summed E-state index contributed by atoms with van der Waals surface area (Å²) in [5.74, 6) is -0.765. The van der Waals surface area contributed by atoms with Crippen LogP contribution in [-0.2, 0) is 4.79 Å². The molecule has 0 aliphatic carbocycles. The molecule has 8 heteroatoms. The Bertz CT molecular complexity index is 797. The summed E-state index contributed by atoms with van der Waals surface area (Å²) in [6.45, 7) is 0. The average Bonchev–Trinajstić information content (AvgIpc) is 3.06. The van der Waals surface area contributed by atoms with Crippen LogP contribution in [0.4, 0.5) is 16.4 Å². The standard InChI is InChI=1S/C14H8N2O5S/c17-13-11(8-10-6-7-12(21-10)16(19)20)22-14(18)15(13)9-4-2-1-3-5-9/h1-8H/b11-8-. The molecule has 1 aliphatic heterocycles. The Kier molecular flexibility index (Phi) is 3.51. The minimum Gasteiger partial charge on any atom is -0.401 e. The lowest BCUT2D eigenvalue weighted by Gasteiger charge is -2.11. The molecule has 3 rings (SSSR count). The van der Waals surface area contributed by atoms with Crippen molar-refractivity contribution in [3.63, 3.8) is 0 Å². The van der Waals surface area contributed by atoms with E-state index < -0.39 is 22.0 Å². The summed E-state index contributed by atoms with van der Waals surface area (Å²) in [5, 5.41) is 10.1. The van der Waals surface area contributed by atoms with Crippen molar-refractivity contribution in [1.29, 1.82) is 0 Å². The van der Waals surface area contributed by atoms with Crippen LogP contribution < -0.4 is 4.90 Å². The van der Waals surface area contributed by atoms with E-state index in [-0.39, 0.29) is 10.7 Å². The Balaban J connectivity index is 1.90. The molecule has 2 aromatic rings. The molecule has 0 radical (unpaired) electrons. The van der Waals surface area contributed by atoms with Crippen molar-refractivity contribution in [2.75, 3.05) is 4.90 Å². The third-order valence-corrected chi connectivity index (χ3v) is 3.74. The van der Waals surface area contributed by atoms with Gasteiger partial charge < -0.3 is 4.42 Å². The van der Waals surface area contributed by atoms with Gasteiger partial charge in [0, 0.05) is 6.08 Å². The van der Waals surface area contributed by atoms with E-state index in [4.69, 9.17) is 4.42 Å². The zero-order chi connectivity index (χ0) is 15.7. The Morgan fingerprint density at radius 2 is 1.86 bits per heavy atom. The van der Waals surface area contributed by atoms with Gasteiger partial charge in [-0.1, -0.05) is 18.2 Å². The second-order valence-corrected chi connectivity index (χ2v) is 5.28. The van der Waals surface area contributed by atoms with E-state index in [2.05, 4.69) is 0 Å².